The van der Waals surface area contributed by atoms with Crippen LogP contribution in [-0.2, 0) is 16.6 Å². The third kappa shape index (κ3) is 5.29. The lowest BCUT2D eigenvalue weighted by Crippen LogP contribution is -2.13. The maximum Gasteiger partial charge on any atom is 0.271 e. The van der Waals surface area contributed by atoms with E-state index in [0.29, 0.717) is 6.42 Å². The molecule has 1 amide bonds. The van der Waals surface area contributed by atoms with E-state index in [2.05, 4.69) is 38.2 Å². The number of halogens is 1. The largest absolute Gasteiger partial charge is 0.325 e. The predicted molar refractivity (Wildman–Crippen MR) is 100 cm³/mol. The van der Waals surface area contributed by atoms with Crippen LogP contribution in [0.25, 0.3) is 0 Å². The number of rotatable bonds is 5. The van der Waals surface area contributed by atoms with E-state index in [1.807, 2.05) is 12.1 Å². The van der Waals surface area contributed by atoms with Gasteiger partial charge in [0, 0.05) is 18.6 Å². The fourth-order valence-corrected chi connectivity index (χ4v) is 2.53. The summed E-state index contributed by atoms with van der Waals surface area (Å²) in [4.78, 5) is 22.4. The summed E-state index contributed by atoms with van der Waals surface area (Å²) < 4.78 is 0. The zero-order valence-electron chi connectivity index (χ0n) is 14.5. The molecule has 0 aromatic heterocycles. The van der Waals surface area contributed by atoms with Gasteiger partial charge in [-0.05, 0) is 29.0 Å². The van der Waals surface area contributed by atoms with Crippen LogP contribution in [0.1, 0.15) is 38.3 Å². The second kappa shape index (κ2) is 7.66. The van der Waals surface area contributed by atoms with E-state index in [-0.39, 0.29) is 34.1 Å². The van der Waals surface area contributed by atoms with Gasteiger partial charge in [-0.1, -0.05) is 56.6 Å². The lowest BCUT2D eigenvalue weighted by molar-refractivity contribution is -0.384. The summed E-state index contributed by atoms with van der Waals surface area (Å²) in [6.07, 6.45) is 0.858. The maximum atomic E-state index is 12.1. The van der Waals surface area contributed by atoms with Crippen LogP contribution in [0.15, 0.2) is 42.5 Å². The summed E-state index contributed by atoms with van der Waals surface area (Å²) >= 11 is 5.98. The van der Waals surface area contributed by atoms with Crippen molar-refractivity contribution < 1.29 is 9.72 Å². The first-order valence-electron chi connectivity index (χ1n) is 8.00. The molecule has 0 fully saturated rings. The van der Waals surface area contributed by atoms with Crippen LogP contribution in [0.5, 0.6) is 0 Å². The van der Waals surface area contributed by atoms with E-state index in [0.717, 1.165) is 5.56 Å². The minimum Gasteiger partial charge on any atom is -0.325 e. The molecule has 132 valence electrons. The van der Waals surface area contributed by atoms with Gasteiger partial charge in [0.25, 0.3) is 5.69 Å². The molecule has 0 saturated heterocycles. The Morgan fingerprint density at radius 3 is 2.36 bits per heavy atom. The Labute approximate surface area is 152 Å². The first kappa shape index (κ1) is 18.9. The smallest absolute Gasteiger partial charge is 0.271 e. The lowest BCUT2D eigenvalue weighted by atomic mass is 9.86. The molecule has 1 N–H and O–H groups in total. The van der Waals surface area contributed by atoms with Gasteiger partial charge in [-0.15, -0.1) is 0 Å². The zero-order chi connectivity index (χ0) is 18.6. The number of non-ortho nitro benzene ring substituents is 1. The molecule has 2 rings (SSSR count). The molecule has 25 heavy (non-hydrogen) atoms. The molecule has 5 nitrogen and oxygen atoms in total. The molecule has 2 aromatic carbocycles. The molecular weight excluding hydrogens is 340 g/mol. The van der Waals surface area contributed by atoms with Crippen molar-refractivity contribution in [2.75, 3.05) is 5.32 Å². The summed E-state index contributed by atoms with van der Waals surface area (Å²) in [5.74, 6) is -0.234. The van der Waals surface area contributed by atoms with Crippen LogP contribution in [0.4, 0.5) is 11.4 Å². The zero-order valence-corrected chi connectivity index (χ0v) is 15.3. The van der Waals surface area contributed by atoms with Gasteiger partial charge in [0.1, 0.15) is 0 Å². The van der Waals surface area contributed by atoms with Gasteiger partial charge in [-0.2, -0.15) is 0 Å². The van der Waals surface area contributed by atoms with Gasteiger partial charge in [0.05, 0.1) is 15.6 Å². The number of nitro groups is 1. The minimum absolute atomic E-state index is 0.0919. The SMILES string of the molecule is CC(C)(C)c1ccc(CCC(=O)Nc2cc([N+](=O)[O-])ccc2Cl)cc1. The highest BCUT2D eigenvalue weighted by Gasteiger charge is 2.14. The van der Waals surface area contributed by atoms with Gasteiger partial charge in [0.15, 0.2) is 0 Å². The first-order valence-corrected chi connectivity index (χ1v) is 8.38. The van der Waals surface area contributed by atoms with Gasteiger partial charge >= 0.3 is 0 Å². The number of carbonyl (C=O) groups is 1. The monoisotopic (exact) mass is 360 g/mol. The van der Waals surface area contributed by atoms with Gasteiger partial charge < -0.3 is 5.32 Å². The molecule has 0 aliphatic carbocycles. The van der Waals surface area contributed by atoms with E-state index in [9.17, 15) is 14.9 Å². The molecule has 0 atom stereocenters. The Bertz CT molecular complexity index is 780. The standard InChI is InChI=1S/C19H21ClN2O3/c1-19(2,3)14-7-4-13(5-8-14)6-11-18(23)21-17-12-15(22(24)25)9-10-16(17)20/h4-5,7-10,12H,6,11H2,1-3H3,(H,21,23). The summed E-state index contributed by atoms with van der Waals surface area (Å²) in [6, 6.07) is 12.2. The fourth-order valence-electron chi connectivity index (χ4n) is 2.36. The van der Waals surface area contributed by atoms with E-state index < -0.39 is 4.92 Å². The van der Waals surface area contributed by atoms with Gasteiger partial charge in [-0.3, -0.25) is 14.9 Å². The van der Waals surface area contributed by atoms with Crippen molar-refractivity contribution in [3.05, 3.63) is 68.7 Å². The van der Waals surface area contributed by atoms with Crippen LogP contribution >= 0.6 is 11.6 Å². The average molecular weight is 361 g/mol. The number of hydrogen-bond donors (Lipinski definition) is 1. The Hall–Kier alpha value is -2.40. The summed E-state index contributed by atoms with van der Waals surface area (Å²) in [5.41, 5.74) is 2.54. The highest BCUT2D eigenvalue weighted by atomic mass is 35.5. The lowest BCUT2D eigenvalue weighted by Gasteiger charge is -2.19. The van der Waals surface area contributed by atoms with Gasteiger partial charge in [0.2, 0.25) is 5.91 Å². The highest BCUT2D eigenvalue weighted by molar-refractivity contribution is 6.33. The molecule has 6 heteroatoms. The molecule has 0 aliphatic heterocycles. The molecule has 0 radical (unpaired) electrons. The molecule has 0 aliphatic rings. The molecule has 0 bridgehead atoms. The Morgan fingerprint density at radius 2 is 1.80 bits per heavy atom. The van der Waals surface area contributed by atoms with Crippen LogP contribution < -0.4 is 5.32 Å². The Balaban J connectivity index is 1.97. The van der Waals surface area contributed by atoms with Crippen molar-refractivity contribution in [1.29, 1.82) is 0 Å². The second-order valence-electron chi connectivity index (χ2n) is 6.92. The second-order valence-corrected chi connectivity index (χ2v) is 7.32. The number of nitrogens with zero attached hydrogens (tertiary/aromatic N) is 1. The third-order valence-corrected chi connectivity index (χ3v) is 4.23. The maximum absolute atomic E-state index is 12.1. The van der Waals surface area contributed by atoms with Gasteiger partial charge in [-0.25, -0.2) is 0 Å². The summed E-state index contributed by atoms with van der Waals surface area (Å²) in [6.45, 7) is 6.45. The van der Waals surface area contributed by atoms with E-state index in [1.165, 1.54) is 23.8 Å². The molecular formula is C19H21ClN2O3. The average Bonchev–Trinajstić information content (AvgIpc) is 2.54. The van der Waals surface area contributed by atoms with E-state index >= 15 is 0 Å². The molecule has 2 aromatic rings. The van der Waals surface area contributed by atoms with Crippen molar-refractivity contribution in [2.24, 2.45) is 0 Å². The van der Waals surface area contributed by atoms with Crippen LogP contribution in [0, 0.1) is 10.1 Å². The quantitative estimate of drug-likeness (QED) is 0.594. The topological polar surface area (TPSA) is 72.2 Å². The predicted octanol–water partition coefficient (Wildman–Crippen LogP) is 5.12. The Morgan fingerprint density at radius 1 is 1.16 bits per heavy atom. The number of anilines is 1. The third-order valence-electron chi connectivity index (χ3n) is 3.90. The van der Waals surface area contributed by atoms with Crippen molar-refractivity contribution in [3.63, 3.8) is 0 Å². The van der Waals surface area contributed by atoms with Crippen LogP contribution in [-0.4, -0.2) is 10.8 Å². The number of benzene rings is 2. The minimum atomic E-state index is -0.525. The summed E-state index contributed by atoms with van der Waals surface area (Å²) in [7, 11) is 0. The van der Waals surface area contributed by atoms with E-state index in [1.54, 1.807) is 0 Å². The molecule has 0 unspecified atom stereocenters. The normalized spacial score (nSPS) is 11.2. The number of nitro benzene ring substituents is 1. The van der Waals surface area contributed by atoms with Crippen molar-refractivity contribution in [3.8, 4) is 0 Å². The number of carbonyl (C=O) groups excluding carboxylic acids is 1. The number of nitrogens with one attached hydrogen (secondary N) is 1. The van der Waals surface area contributed by atoms with Crippen molar-refractivity contribution >= 4 is 28.9 Å². The van der Waals surface area contributed by atoms with Crippen molar-refractivity contribution in [1.82, 2.24) is 0 Å². The van der Waals surface area contributed by atoms with E-state index in [4.69, 9.17) is 11.6 Å². The van der Waals surface area contributed by atoms with Crippen LogP contribution in [0.3, 0.4) is 0 Å². The van der Waals surface area contributed by atoms with Crippen LogP contribution in [0.2, 0.25) is 5.02 Å². The molecule has 0 saturated carbocycles. The fraction of sp³-hybridized carbons (Fsp3) is 0.316. The summed E-state index contributed by atoms with van der Waals surface area (Å²) in [5, 5.41) is 13.7. The molecule has 0 spiro atoms. The Kier molecular flexibility index (Phi) is 5.80. The first-order chi connectivity index (χ1) is 11.7. The number of amides is 1. The highest BCUT2D eigenvalue weighted by Crippen LogP contribution is 2.27. The van der Waals surface area contributed by atoms with Crippen molar-refractivity contribution in [2.45, 2.75) is 39.0 Å². The molecule has 0 heterocycles. The number of hydrogen-bond acceptors (Lipinski definition) is 3. The number of aryl methyl sites for hydroxylation is 1.